The molecule has 1 heterocycles. The summed E-state index contributed by atoms with van der Waals surface area (Å²) < 4.78 is 5.85. The number of methoxy groups -OCH3 is 1. The number of carbonyl (C=O) groups is 1. The van der Waals surface area contributed by atoms with Gasteiger partial charge in [0.15, 0.2) is 0 Å². The van der Waals surface area contributed by atoms with Crippen molar-refractivity contribution in [3.8, 4) is 0 Å². The van der Waals surface area contributed by atoms with Crippen molar-refractivity contribution >= 4 is 16.9 Å². The molecular weight excluding hydrogens is 260 g/mol. The fourth-order valence-electron chi connectivity index (χ4n) is 1.80. The van der Waals surface area contributed by atoms with Gasteiger partial charge in [0.05, 0.1) is 25.6 Å². The monoisotopic (exact) mass is 276 g/mol. The molecule has 0 saturated carbocycles. The second-order valence-corrected chi connectivity index (χ2v) is 4.46. The number of hydrogen-bond donors (Lipinski definition) is 0. The number of rotatable bonds is 5. The number of ether oxygens (including phenoxy) is 1. The summed E-state index contributed by atoms with van der Waals surface area (Å²) in [6.07, 6.45) is 0.267. The van der Waals surface area contributed by atoms with Crippen LogP contribution in [0.2, 0.25) is 0 Å². The standard InChI is InChI=1S/C13H16N4O3/c1-16(8-7-12(18)20-2)9-17-13(19)10-5-3-4-6-11(10)14-15-17/h3-6H,7-9H2,1-2H3. The molecule has 1 aromatic carbocycles. The molecule has 0 amide bonds. The highest BCUT2D eigenvalue weighted by Crippen LogP contribution is 2.03. The van der Waals surface area contributed by atoms with Crippen LogP contribution < -0.4 is 5.56 Å². The molecule has 0 N–H and O–H groups in total. The average Bonchev–Trinajstić information content (AvgIpc) is 2.48. The van der Waals surface area contributed by atoms with Gasteiger partial charge in [-0.3, -0.25) is 14.5 Å². The SMILES string of the molecule is COC(=O)CCN(C)Cn1nnc2ccccc2c1=O. The van der Waals surface area contributed by atoms with Gasteiger partial charge >= 0.3 is 5.97 Å². The number of carbonyl (C=O) groups excluding carboxylic acids is 1. The van der Waals surface area contributed by atoms with Crippen molar-refractivity contribution in [3.63, 3.8) is 0 Å². The Morgan fingerprint density at radius 2 is 2.15 bits per heavy atom. The van der Waals surface area contributed by atoms with E-state index >= 15 is 0 Å². The van der Waals surface area contributed by atoms with Crippen LogP contribution in [0.5, 0.6) is 0 Å². The topological polar surface area (TPSA) is 77.3 Å². The van der Waals surface area contributed by atoms with E-state index in [9.17, 15) is 9.59 Å². The maximum Gasteiger partial charge on any atom is 0.306 e. The van der Waals surface area contributed by atoms with E-state index < -0.39 is 0 Å². The summed E-state index contributed by atoms with van der Waals surface area (Å²) >= 11 is 0. The molecule has 1 aromatic heterocycles. The third-order valence-electron chi connectivity index (χ3n) is 2.93. The second-order valence-electron chi connectivity index (χ2n) is 4.46. The van der Waals surface area contributed by atoms with Crippen LogP contribution in [-0.2, 0) is 16.2 Å². The van der Waals surface area contributed by atoms with E-state index in [-0.39, 0.29) is 24.6 Å². The fraction of sp³-hybridized carbons (Fsp3) is 0.385. The van der Waals surface area contributed by atoms with E-state index in [4.69, 9.17) is 0 Å². The minimum Gasteiger partial charge on any atom is -0.469 e. The van der Waals surface area contributed by atoms with E-state index in [0.29, 0.717) is 17.4 Å². The lowest BCUT2D eigenvalue weighted by molar-refractivity contribution is -0.141. The minimum absolute atomic E-state index is 0.194. The molecule has 0 fully saturated rings. The third-order valence-corrected chi connectivity index (χ3v) is 2.93. The Bertz CT molecular complexity index is 668. The van der Waals surface area contributed by atoms with E-state index in [2.05, 4.69) is 15.0 Å². The van der Waals surface area contributed by atoms with Gasteiger partial charge in [0.2, 0.25) is 0 Å². The van der Waals surface area contributed by atoms with Crippen LogP contribution >= 0.6 is 0 Å². The predicted molar refractivity (Wildman–Crippen MR) is 73.1 cm³/mol. The van der Waals surface area contributed by atoms with Crippen LogP contribution in [0, 0.1) is 0 Å². The smallest absolute Gasteiger partial charge is 0.306 e. The van der Waals surface area contributed by atoms with Crippen LogP contribution in [0.15, 0.2) is 29.1 Å². The zero-order chi connectivity index (χ0) is 14.5. The Hall–Kier alpha value is -2.28. The van der Waals surface area contributed by atoms with Crippen LogP contribution in [0.3, 0.4) is 0 Å². The van der Waals surface area contributed by atoms with E-state index in [0.717, 1.165) is 0 Å². The Kier molecular flexibility index (Phi) is 4.41. The van der Waals surface area contributed by atoms with Crippen molar-refractivity contribution in [2.24, 2.45) is 0 Å². The van der Waals surface area contributed by atoms with Crippen LogP contribution in [0.1, 0.15) is 6.42 Å². The maximum absolute atomic E-state index is 12.2. The fourth-order valence-corrected chi connectivity index (χ4v) is 1.80. The van der Waals surface area contributed by atoms with Crippen molar-refractivity contribution in [2.45, 2.75) is 13.1 Å². The van der Waals surface area contributed by atoms with Gasteiger partial charge in [0.1, 0.15) is 5.52 Å². The lowest BCUT2D eigenvalue weighted by Gasteiger charge is -2.16. The molecule has 0 spiro atoms. The van der Waals surface area contributed by atoms with E-state index in [1.807, 2.05) is 11.0 Å². The molecule has 20 heavy (non-hydrogen) atoms. The number of esters is 1. The lowest BCUT2D eigenvalue weighted by atomic mass is 10.2. The predicted octanol–water partition coefficient (Wildman–Crippen LogP) is 0.244. The Morgan fingerprint density at radius 1 is 1.40 bits per heavy atom. The van der Waals surface area contributed by atoms with Gasteiger partial charge in [-0.1, -0.05) is 17.3 Å². The molecule has 0 aliphatic rings. The first-order valence-electron chi connectivity index (χ1n) is 6.19. The van der Waals surface area contributed by atoms with Crippen molar-refractivity contribution < 1.29 is 9.53 Å². The summed E-state index contributed by atoms with van der Waals surface area (Å²) in [5.41, 5.74) is 0.381. The molecule has 0 aliphatic heterocycles. The summed E-state index contributed by atoms with van der Waals surface area (Å²) in [5.74, 6) is -0.284. The number of fused-ring (bicyclic) bond motifs is 1. The largest absolute Gasteiger partial charge is 0.469 e. The van der Waals surface area contributed by atoms with Gasteiger partial charge in [0, 0.05) is 6.54 Å². The van der Waals surface area contributed by atoms with Crippen molar-refractivity contribution in [2.75, 3.05) is 20.7 Å². The molecule has 0 unspecified atom stereocenters. The number of hydrogen-bond acceptors (Lipinski definition) is 6. The average molecular weight is 276 g/mol. The van der Waals surface area contributed by atoms with Gasteiger partial charge in [-0.2, -0.15) is 4.68 Å². The van der Waals surface area contributed by atoms with Gasteiger partial charge in [-0.15, -0.1) is 5.10 Å². The highest BCUT2D eigenvalue weighted by atomic mass is 16.5. The van der Waals surface area contributed by atoms with Gasteiger partial charge in [0.25, 0.3) is 5.56 Å². The third kappa shape index (κ3) is 3.18. The summed E-state index contributed by atoms with van der Waals surface area (Å²) in [5, 5.41) is 8.42. The number of aromatic nitrogens is 3. The zero-order valence-corrected chi connectivity index (χ0v) is 11.4. The van der Waals surface area contributed by atoms with Crippen molar-refractivity contribution in [1.82, 2.24) is 19.9 Å². The minimum atomic E-state index is -0.284. The molecule has 2 aromatic rings. The molecule has 2 rings (SSSR count). The molecule has 106 valence electrons. The second kappa shape index (κ2) is 6.25. The zero-order valence-electron chi connectivity index (χ0n) is 11.4. The van der Waals surface area contributed by atoms with E-state index in [1.54, 1.807) is 25.2 Å². The molecular formula is C13H16N4O3. The summed E-state index contributed by atoms with van der Waals surface area (Å²) in [6.45, 7) is 0.751. The molecule has 0 bridgehead atoms. The highest BCUT2D eigenvalue weighted by Gasteiger charge is 2.08. The highest BCUT2D eigenvalue weighted by molar-refractivity contribution is 5.76. The quantitative estimate of drug-likeness (QED) is 0.728. The van der Waals surface area contributed by atoms with Crippen molar-refractivity contribution in [3.05, 3.63) is 34.6 Å². The summed E-state index contributed by atoms with van der Waals surface area (Å²) in [7, 11) is 3.15. The molecule has 7 nitrogen and oxygen atoms in total. The molecule has 7 heteroatoms. The van der Waals surface area contributed by atoms with Crippen molar-refractivity contribution in [1.29, 1.82) is 0 Å². The normalized spacial score (nSPS) is 10.9. The van der Waals surface area contributed by atoms with Gasteiger partial charge in [-0.05, 0) is 19.2 Å². The number of nitrogens with zero attached hydrogens (tertiary/aromatic N) is 4. The maximum atomic E-state index is 12.2. The van der Waals surface area contributed by atoms with Crippen LogP contribution in [0.4, 0.5) is 0 Å². The first-order valence-corrected chi connectivity index (χ1v) is 6.19. The van der Waals surface area contributed by atoms with E-state index in [1.165, 1.54) is 11.8 Å². The molecule has 0 saturated heterocycles. The Morgan fingerprint density at radius 3 is 2.90 bits per heavy atom. The van der Waals surface area contributed by atoms with Gasteiger partial charge in [-0.25, -0.2) is 0 Å². The first-order chi connectivity index (χ1) is 9.61. The van der Waals surface area contributed by atoms with Crippen LogP contribution in [0.25, 0.3) is 10.9 Å². The molecule has 0 radical (unpaired) electrons. The summed E-state index contributed by atoms with van der Waals surface area (Å²) in [6, 6.07) is 7.06. The first kappa shape index (κ1) is 14.1. The Labute approximate surface area is 115 Å². The summed E-state index contributed by atoms with van der Waals surface area (Å²) in [4.78, 5) is 25.1. The lowest BCUT2D eigenvalue weighted by Crippen LogP contribution is -2.33. The molecule has 0 aliphatic carbocycles. The van der Waals surface area contributed by atoms with Crippen LogP contribution in [-0.4, -0.2) is 46.6 Å². The number of benzene rings is 1. The molecule has 0 atom stereocenters. The van der Waals surface area contributed by atoms with Gasteiger partial charge < -0.3 is 4.74 Å². The Balaban J connectivity index is 2.12.